The van der Waals surface area contributed by atoms with Gasteiger partial charge in [-0.05, 0) is 29.2 Å². The van der Waals surface area contributed by atoms with Gasteiger partial charge >= 0.3 is 0 Å². The highest BCUT2D eigenvalue weighted by Crippen LogP contribution is 2.18. The summed E-state index contributed by atoms with van der Waals surface area (Å²) in [6.45, 7) is 0. The maximum absolute atomic E-state index is 8.76. The van der Waals surface area contributed by atoms with Gasteiger partial charge in [-0.1, -0.05) is 36.4 Å². The molecular weight excluding hydrogens is 188 g/mol. The van der Waals surface area contributed by atoms with Crippen LogP contribution in [0.5, 0.6) is 0 Å². The minimum absolute atomic E-state index is 0.560. The molecular formula is C12H11N2O. The predicted octanol–water partition coefficient (Wildman–Crippen LogP) is 2.28. The monoisotopic (exact) mass is 199 g/mol. The molecule has 0 aromatic heterocycles. The van der Waals surface area contributed by atoms with Gasteiger partial charge in [0.15, 0.2) is 0 Å². The van der Waals surface area contributed by atoms with E-state index >= 15 is 0 Å². The Morgan fingerprint density at radius 1 is 1.27 bits per heavy atom. The van der Waals surface area contributed by atoms with Crippen LogP contribution >= 0.6 is 0 Å². The van der Waals surface area contributed by atoms with E-state index in [4.69, 9.17) is 10.3 Å². The van der Waals surface area contributed by atoms with Crippen LogP contribution in [0.25, 0.3) is 0 Å². The molecule has 1 aromatic carbocycles. The molecule has 1 aliphatic heterocycles. The van der Waals surface area contributed by atoms with Crippen molar-refractivity contribution < 1.29 is 4.74 Å². The van der Waals surface area contributed by atoms with Crippen LogP contribution in [0.4, 0.5) is 0 Å². The van der Waals surface area contributed by atoms with Gasteiger partial charge in [0.1, 0.15) is 0 Å². The molecule has 1 heterocycles. The molecule has 15 heavy (non-hydrogen) atoms. The maximum Gasteiger partial charge on any atom is 0.232 e. The smallest absolute Gasteiger partial charge is 0.232 e. The van der Waals surface area contributed by atoms with Crippen molar-refractivity contribution in [1.82, 2.24) is 5.53 Å². The summed E-state index contributed by atoms with van der Waals surface area (Å²) in [4.78, 5) is 0. The summed E-state index contributed by atoms with van der Waals surface area (Å²) in [6.07, 6.45) is 5.43. The summed E-state index contributed by atoms with van der Waals surface area (Å²) in [5.41, 5.74) is 10.9. The quantitative estimate of drug-likeness (QED) is 0.688. The van der Waals surface area contributed by atoms with Crippen molar-refractivity contribution in [1.29, 1.82) is 0 Å². The van der Waals surface area contributed by atoms with E-state index in [1.54, 1.807) is 6.08 Å². The molecule has 0 amide bonds. The second kappa shape index (κ2) is 4.55. The topological polar surface area (TPSA) is 43.9 Å². The standard InChI is InChI=1S/C12H11N2O/c13-14-12-11(7-4-8-15-12)9-10-5-2-1-3-6-10/h1-8,12H,9H2. The lowest BCUT2D eigenvalue weighted by Gasteiger charge is -2.16. The highest BCUT2D eigenvalue weighted by Gasteiger charge is 2.15. The first kappa shape index (κ1) is 9.65. The Labute approximate surface area is 88.6 Å². The van der Waals surface area contributed by atoms with Crippen LogP contribution in [0, 0.1) is 0 Å². The molecule has 1 aromatic rings. The largest absolute Gasteiger partial charge is 0.471 e. The first-order chi connectivity index (χ1) is 7.40. The van der Waals surface area contributed by atoms with Crippen molar-refractivity contribution in [2.75, 3.05) is 0 Å². The third-order valence-electron chi connectivity index (χ3n) is 2.27. The SMILES string of the molecule is [N]=NC1OC=CC=C1Cc1ccccc1. The molecule has 3 nitrogen and oxygen atoms in total. The van der Waals surface area contributed by atoms with Crippen molar-refractivity contribution in [3.05, 3.63) is 59.9 Å². The fourth-order valence-electron chi connectivity index (χ4n) is 1.53. The van der Waals surface area contributed by atoms with Gasteiger partial charge in [0.2, 0.25) is 6.23 Å². The molecule has 1 atom stereocenters. The van der Waals surface area contributed by atoms with Crippen LogP contribution in [0.2, 0.25) is 0 Å². The minimum atomic E-state index is -0.560. The second-order valence-corrected chi connectivity index (χ2v) is 3.34. The highest BCUT2D eigenvalue weighted by atomic mass is 16.5. The van der Waals surface area contributed by atoms with Crippen LogP contribution in [-0.4, -0.2) is 6.23 Å². The normalized spacial score (nSPS) is 19.2. The number of nitrogens with zero attached hydrogens (tertiary/aromatic N) is 2. The summed E-state index contributed by atoms with van der Waals surface area (Å²) < 4.78 is 5.15. The molecule has 0 aliphatic carbocycles. The number of rotatable bonds is 3. The Morgan fingerprint density at radius 3 is 2.80 bits per heavy atom. The second-order valence-electron chi connectivity index (χ2n) is 3.34. The molecule has 3 heteroatoms. The molecule has 0 N–H and O–H groups in total. The van der Waals surface area contributed by atoms with Gasteiger partial charge in [-0.2, -0.15) is 0 Å². The van der Waals surface area contributed by atoms with Gasteiger partial charge < -0.3 is 4.74 Å². The molecule has 1 radical (unpaired) electrons. The lowest BCUT2D eigenvalue weighted by atomic mass is 10.0. The molecule has 0 saturated heterocycles. The van der Waals surface area contributed by atoms with Gasteiger partial charge in [-0.25, -0.2) is 0 Å². The van der Waals surface area contributed by atoms with Crippen LogP contribution in [-0.2, 0) is 11.2 Å². The van der Waals surface area contributed by atoms with E-state index in [0.29, 0.717) is 0 Å². The lowest BCUT2D eigenvalue weighted by molar-refractivity contribution is 0.171. The lowest BCUT2D eigenvalue weighted by Crippen LogP contribution is -2.14. The summed E-state index contributed by atoms with van der Waals surface area (Å²) in [6, 6.07) is 10.0. The number of hydrogen-bond acceptors (Lipinski definition) is 2. The van der Waals surface area contributed by atoms with E-state index in [0.717, 1.165) is 12.0 Å². The van der Waals surface area contributed by atoms with Gasteiger partial charge in [0.05, 0.1) is 6.26 Å². The Bertz CT molecular complexity index is 395. The van der Waals surface area contributed by atoms with Crippen LogP contribution < -0.4 is 5.53 Å². The fourth-order valence-corrected chi connectivity index (χ4v) is 1.53. The van der Waals surface area contributed by atoms with Crippen LogP contribution in [0.3, 0.4) is 0 Å². The van der Waals surface area contributed by atoms with Gasteiger partial charge in [0.25, 0.3) is 0 Å². The number of benzene rings is 1. The predicted molar refractivity (Wildman–Crippen MR) is 56.8 cm³/mol. The molecule has 0 saturated carbocycles. The van der Waals surface area contributed by atoms with E-state index < -0.39 is 6.23 Å². The first-order valence-corrected chi connectivity index (χ1v) is 4.79. The maximum atomic E-state index is 8.76. The van der Waals surface area contributed by atoms with Crippen LogP contribution in [0.15, 0.2) is 59.4 Å². The summed E-state index contributed by atoms with van der Waals surface area (Å²) >= 11 is 0. The molecule has 0 bridgehead atoms. The summed E-state index contributed by atoms with van der Waals surface area (Å²) in [5, 5.41) is 3.18. The first-order valence-electron chi connectivity index (χ1n) is 4.79. The van der Waals surface area contributed by atoms with Gasteiger partial charge in [-0.15, -0.1) is 5.11 Å². The van der Waals surface area contributed by atoms with Gasteiger partial charge in [-0.3, -0.25) is 0 Å². The van der Waals surface area contributed by atoms with Crippen molar-refractivity contribution in [3.63, 3.8) is 0 Å². The Morgan fingerprint density at radius 2 is 2.07 bits per heavy atom. The van der Waals surface area contributed by atoms with Crippen molar-refractivity contribution in [2.24, 2.45) is 5.11 Å². The van der Waals surface area contributed by atoms with Crippen LogP contribution in [0.1, 0.15) is 5.56 Å². The zero-order valence-electron chi connectivity index (χ0n) is 8.21. The minimum Gasteiger partial charge on any atom is -0.471 e. The molecule has 0 spiro atoms. The third kappa shape index (κ3) is 2.31. The van der Waals surface area contributed by atoms with E-state index in [1.807, 2.05) is 36.4 Å². The Kier molecular flexibility index (Phi) is 2.93. The summed E-state index contributed by atoms with van der Waals surface area (Å²) in [7, 11) is 0. The van der Waals surface area contributed by atoms with E-state index in [-0.39, 0.29) is 0 Å². The highest BCUT2D eigenvalue weighted by molar-refractivity contribution is 5.27. The molecule has 1 aliphatic rings. The van der Waals surface area contributed by atoms with E-state index in [2.05, 4.69) is 5.11 Å². The zero-order valence-corrected chi connectivity index (χ0v) is 8.21. The Hall–Kier alpha value is -1.90. The van der Waals surface area contributed by atoms with Gasteiger partial charge in [0, 0.05) is 0 Å². The fraction of sp³-hybridized carbons (Fsp3) is 0.167. The average Bonchev–Trinajstić information content (AvgIpc) is 2.31. The summed E-state index contributed by atoms with van der Waals surface area (Å²) in [5.74, 6) is 0. The third-order valence-corrected chi connectivity index (χ3v) is 2.27. The Balaban J connectivity index is 2.14. The molecule has 75 valence electrons. The molecule has 2 rings (SSSR count). The van der Waals surface area contributed by atoms with Crippen molar-refractivity contribution in [2.45, 2.75) is 12.6 Å². The van der Waals surface area contributed by atoms with Crippen molar-refractivity contribution in [3.8, 4) is 0 Å². The average molecular weight is 199 g/mol. The number of allylic oxidation sites excluding steroid dienone is 2. The number of ether oxygens (including phenoxy) is 1. The van der Waals surface area contributed by atoms with E-state index in [1.165, 1.54) is 11.8 Å². The molecule has 1 unspecified atom stereocenters. The number of hydrogen-bond donors (Lipinski definition) is 0. The van der Waals surface area contributed by atoms with Crippen molar-refractivity contribution >= 4 is 0 Å². The molecule has 0 fully saturated rings. The van der Waals surface area contributed by atoms with E-state index in [9.17, 15) is 0 Å². The zero-order chi connectivity index (χ0) is 10.5.